The second-order valence-corrected chi connectivity index (χ2v) is 7.55. The van der Waals surface area contributed by atoms with Crippen LogP contribution in [-0.4, -0.2) is 12.5 Å². The van der Waals surface area contributed by atoms with E-state index in [1.807, 2.05) is 71.6 Å². The van der Waals surface area contributed by atoms with E-state index in [0.717, 1.165) is 26.7 Å². The Kier molecular flexibility index (Phi) is 4.87. The summed E-state index contributed by atoms with van der Waals surface area (Å²) in [4.78, 5) is 16.9. The Balaban J connectivity index is 1.57. The van der Waals surface area contributed by atoms with Crippen molar-refractivity contribution < 1.29 is 4.79 Å². The second kappa shape index (κ2) is 7.44. The van der Waals surface area contributed by atoms with E-state index >= 15 is 0 Å². The van der Waals surface area contributed by atoms with E-state index in [9.17, 15) is 4.79 Å². The summed E-state index contributed by atoms with van der Waals surface area (Å²) in [6.07, 6.45) is 0. The average molecular weight is 381 g/mol. The predicted octanol–water partition coefficient (Wildman–Crippen LogP) is 5.26. The molecule has 1 aliphatic rings. The van der Waals surface area contributed by atoms with Crippen molar-refractivity contribution >= 4 is 40.6 Å². The van der Waals surface area contributed by atoms with Gasteiger partial charge in [-0.1, -0.05) is 65.8 Å². The fourth-order valence-corrected chi connectivity index (χ4v) is 4.21. The number of hydrogen-bond donors (Lipinski definition) is 1. The zero-order chi connectivity index (χ0) is 17.9. The average Bonchev–Trinajstić information content (AvgIpc) is 2.67. The largest absolute Gasteiger partial charge is 0.350 e. The molecule has 130 valence electrons. The SMILES string of the molecule is O=C(CN1c2ccccc2Sc2ccc(Cl)cc21)NCc1ccccc1. The molecule has 0 saturated heterocycles. The van der Waals surface area contributed by atoms with Gasteiger partial charge in [-0.05, 0) is 35.9 Å². The highest BCUT2D eigenvalue weighted by Gasteiger charge is 2.25. The molecule has 1 amide bonds. The number of para-hydroxylation sites is 1. The molecule has 3 aromatic carbocycles. The highest BCUT2D eigenvalue weighted by Crippen LogP contribution is 2.48. The predicted molar refractivity (Wildman–Crippen MR) is 107 cm³/mol. The molecule has 0 fully saturated rings. The molecule has 4 rings (SSSR count). The number of halogens is 1. The summed E-state index contributed by atoms with van der Waals surface area (Å²) in [6, 6.07) is 23.8. The summed E-state index contributed by atoms with van der Waals surface area (Å²) in [5.41, 5.74) is 3.08. The Morgan fingerprint density at radius 3 is 2.50 bits per heavy atom. The minimum absolute atomic E-state index is 0.0264. The monoisotopic (exact) mass is 380 g/mol. The topological polar surface area (TPSA) is 32.3 Å². The van der Waals surface area contributed by atoms with Crippen molar-refractivity contribution in [3.8, 4) is 0 Å². The maximum absolute atomic E-state index is 12.6. The van der Waals surface area contributed by atoms with Crippen LogP contribution in [0.25, 0.3) is 0 Å². The van der Waals surface area contributed by atoms with Crippen molar-refractivity contribution in [1.82, 2.24) is 5.32 Å². The van der Waals surface area contributed by atoms with Crippen molar-refractivity contribution in [1.29, 1.82) is 0 Å². The molecule has 1 aliphatic heterocycles. The van der Waals surface area contributed by atoms with Gasteiger partial charge in [0.1, 0.15) is 6.54 Å². The maximum Gasteiger partial charge on any atom is 0.240 e. The Labute approximate surface area is 162 Å². The molecule has 0 radical (unpaired) electrons. The van der Waals surface area contributed by atoms with Gasteiger partial charge in [0.25, 0.3) is 0 Å². The van der Waals surface area contributed by atoms with Crippen LogP contribution in [0.3, 0.4) is 0 Å². The molecule has 0 atom stereocenters. The van der Waals surface area contributed by atoms with E-state index in [0.29, 0.717) is 11.6 Å². The first kappa shape index (κ1) is 17.0. The first-order chi connectivity index (χ1) is 12.7. The third kappa shape index (κ3) is 3.57. The summed E-state index contributed by atoms with van der Waals surface area (Å²) in [6.45, 7) is 0.768. The zero-order valence-electron chi connectivity index (χ0n) is 14.0. The van der Waals surface area contributed by atoms with Crippen LogP contribution in [0.1, 0.15) is 5.56 Å². The van der Waals surface area contributed by atoms with Crippen LogP contribution < -0.4 is 10.2 Å². The van der Waals surface area contributed by atoms with Gasteiger partial charge < -0.3 is 10.2 Å². The number of anilines is 2. The van der Waals surface area contributed by atoms with Gasteiger partial charge in [0.05, 0.1) is 11.4 Å². The number of benzene rings is 3. The molecule has 1 heterocycles. The van der Waals surface area contributed by atoms with E-state index < -0.39 is 0 Å². The smallest absolute Gasteiger partial charge is 0.240 e. The summed E-state index contributed by atoms with van der Waals surface area (Å²) in [5.74, 6) is -0.0264. The number of hydrogen-bond acceptors (Lipinski definition) is 3. The lowest BCUT2D eigenvalue weighted by Gasteiger charge is -2.32. The summed E-state index contributed by atoms with van der Waals surface area (Å²) < 4.78 is 0. The van der Waals surface area contributed by atoms with Crippen LogP contribution in [0.2, 0.25) is 5.02 Å². The highest BCUT2D eigenvalue weighted by atomic mass is 35.5. The Bertz CT molecular complexity index is 946. The lowest BCUT2D eigenvalue weighted by atomic mass is 10.2. The van der Waals surface area contributed by atoms with Crippen molar-refractivity contribution in [2.24, 2.45) is 0 Å². The van der Waals surface area contributed by atoms with E-state index in [1.54, 1.807) is 11.8 Å². The fourth-order valence-electron chi connectivity index (χ4n) is 2.97. The lowest BCUT2D eigenvalue weighted by Crippen LogP contribution is -2.35. The van der Waals surface area contributed by atoms with Crippen LogP contribution >= 0.6 is 23.4 Å². The quantitative estimate of drug-likeness (QED) is 0.670. The molecule has 0 saturated carbocycles. The summed E-state index contributed by atoms with van der Waals surface area (Å²) >= 11 is 7.91. The molecule has 1 N–H and O–H groups in total. The van der Waals surface area contributed by atoms with Crippen LogP contribution in [-0.2, 0) is 11.3 Å². The Hall–Kier alpha value is -2.43. The van der Waals surface area contributed by atoms with Crippen molar-refractivity contribution in [2.45, 2.75) is 16.3 Å². The van der Waals surface area contributed by atoms with Gasteiger partial charge in [-0.2, -0.15) is 0 Å². The second-order valence-electron chi connectivity index (χ2n) is 6.03. The minimum atomic E-state index is -0.0264. The van der Waals surface area contributed by atoms with Gasteiger partial charge in [0.2, 0.25) is 5.91 Å². The minimum Gasteiger partial charge on any atom is -0.350 e. The molecule has 0 unspecified atom stereocenters. The molecule has 5 heteroatoms. The number of carbonyl (C=O) groups excluding carboxylic acids is 1. The van der Waals surface area contributed by atoms with Gasteiger partial charge in [0.15, 0.2) is 0 Å². The molecule has 0 aromatic heterocycles. The van der Waals surface area contributed by atoms with E-state index in [1.165, 1.54) is 0 Å². The summed E-state index contributed by atoms with van der Waals surface area (Å²) in [7, 11) is 0. The normalized spacial score (nSPS) is 12.3. The molecular formula is C21H17ClN2OS. The van der Waals surface area contributed by atoms with Gasteiger partial charge in [-0.3, -0.25) is 4.79 Å². The lowest BCUT2D eigenvalue weighted by molar-refractivity contribution is -0.119. The number of nitrogens with zero attached hydrogens (tertiary/aromatic N) is 1. The van der Waals surface area contributed by atoms with Crippen LogP contribution in [0.5, 0.6) is 0 Å². The van der Waals surface area contributed by atoms with Crippen LogP contribution in [0, 0.1) is 0 Å². The Morgan fingerprint density at radius 2 is 1.65 bits per heavy atom. The highest BCUT2D eigenvalue weighted by molar-refractivity contribution is 7.99. The zero-order valence-corrected chi connectivity index (χ0v) is 15.6. The standard InChI is InChI=1S/C21H17ClN2OS/c22-16-10-11-20-18(12-16)24(17-8-4-5-9-19(17)26-20)14-21(25)23-13-15-6-2-1-3-7-15/h1-12H,13-14H2,(H,23,25). The van der Waals surface area contributed by atoms with Crippen molar-refractivity contribution in [2.75, 3.05) is 11.4 Å². The molecular weight excluding hydrogens is 364 g/mol. The maximum atomic E-state index is 12.6. The fraction of sp³-hybridized carbons (Fsp3) is 0.0952. The van der Waals surface area contributed by atoms with E-state index in [2.05, 4.69) is 11.4 Å². The molecule has 3 aromatic rings. The number of carbonyl (C=O) groups is 1. The van der Waals surface area contributed by atoms with Crippen LogP contribution in [0.15, 0.2) is 82.6 Å². The number of amides is 1. The van der Waals surface area contributed by atoms with Gasteiger partial charge in [-0.25, -0.2) is 0 Å². The number of nitrogens with one attached hydrogen (secondary N) is 1. The van der Waals surface area contributed by atoms with Crippen molar-refractivity contribution in [3.05, 3.63) is 83.4 Å². The molecule has 0 spiro atoms. The number of rotatable bonds is 4. The van der Waals surface area contributed by atoms with E-state index in [-0.39, 0.29) is 12.5 Å². The first-order valence-electron chi connectivity index (χ1n) is 8.35. The van der Waals surface area contributed by atoms with Gasteiger partial charge in [-0.15, -0.1) is 0 Å². The molecule has 26 heavy (non-hydrogen) atoms. The van der Waals surface area contributed by atoms with Crippen LogP contribution in [0.4, 0.5) is 11.4 Å². The van der Waals surface area contributed by atoms with Crippen molar-refractivity contribution in [3.63, 3.8) is 0 Å². The third-order valence-corrected chi connectivity index (χ3v) is 5.59. The first-order valence-corrected chi connectivity index (χ1v) is 9.55. The molecule has 0 bridgehead atoms. The Morgan fingerprint density at radius 1 is 0.923 bits per heavy atom. The molecule has 0 aliphatic carbocycles. The van der Waals surface area contributed by atoms with Gasteiger partial charge in [0, 0.05) is 21.4 Å². The van der Waals surface area contributed by atoms with Gasteiger partial charge >= 0.3 is 0 Å². The third-order valence-electron chi connectivity index (χ3n) is 4.22. The molecule has 3 nitrogen and oxygen atoms in total. The number of fused-ring (bicyclic) bond motifs is 2. The summed E-state index contributed by atoms with van der Waals surface area (Å²) in [5, 5.41) is 3.67. The van der Waals surface area contributed by atoms with E-state index in [4.69, 9.17) is 11.6 Å².